The molecule has 84 valence electrons. The molecule has 0 saturated carbocycles. The van der Waals surface area contributed by atoms with Crippen LogP contribution in [0.1, 0.15) is 46.0 Å². The van der Waals surface area contributed by atoms with Crippen LogP contribution in [0.3, 0.4) is 0 Å². The van der Waals surface area contributed by atoms with Crippen molar-refractivity contribution in [3.63, 3.8) is 0 Å². The van der Waals surface area contributed by atoms with E-state index in [1.165, 1.54) is 6.42 Å². The van der Waals surface area contributed by atoms with E-state index in [0.717, 1.165) is 31.7 Å². The van der Waals surface area contributed by atoms with Crippen LogP contribution in [-0.2, 0) is 4.79 Å². The van der Waals surface area contributed by atoms with Gasteiger partial charge in [-0.15, -0.1) is 11.6 Å². The summed E-state index contributed by atoms with van der Waals surface area (Å²) in [4.78, 5) is 11.2. The van der Waals surface area contributed by atoms with Crippen molar-refractivity contribution in [2.75, 3.05) is 12.4 Å². The van der Waals surface area contributed by atoms with Crippen molar-refractivity contribution in [1.29, 1.82) is 0 Å². The van der Waals surface area contributed by atoms with Gasteiger partial charge in [-0.2, -0.15) is 0 Å². The van der Waals surface area contributed by atoms with Crippen molar-refractivity contribution >= 4 is 17.5 Å². The number of carbonyl (C=O) groups excluding carboxylic acids is 1. The fourth-order valence-electron chi connectivity index (χ4n) is 1.24. The number of unbranched alkanes of at least 4 members (excludes halogenated alkanes) is 3. The number of halogens is 1. The molecule has 0 bridgehead atoms. The number of amides is 1. The third-order valence-corrected chi connectivity index (χ3v) is 2.24. The first kappa shape index (κ1) is 13.8. The first-order chi connectivity index (χ1) is 6.66. The molecule has 0 aromatic carbocycles. The van der Waals surface area contributed by atoms with Gasteiger partial charge in [0.1, 0.15) is 0 Å². The molecule has 1 amide bonds. The summed E-state index contributed by atoms with van der Waals surface area (Å²) in [5.74, 6) is 1.38. The van der Waals surface area contributed by atoms with Gasteiger partial charge < -0.3 is 5.32 Å². The first-order valence-corrected chi connectivity index (χ1v) is 6.03. The van der Waals surface area contributed by atoms with E-state index in [1.807, 2.05) is 0 Å². The van der Waals surface area contributed by atoms with Gasteiger partial charge in [0.2, 0.25) is 5.91 Å². The van der Waals surface area contributed by atoms with Gasteiger partial charge in [-0.25, -0.2) is 0 Å². The molecule has 0 heterocycles. The van der Waals surface area contributed by atoms with E-state index in [4.69, 9.17) is 11.6 Å². The molecular formula is C11H22ClNO. The minimum Gasteiger partial charge on any atom is -0.356 e. The molecule has 0 spiro atoms. The Morgan fingerprint density at radius 3 is 2.43 bits per heavy atom. The van der Waals surface area contributed by atoms with E-state index in [1.54, 1.807) is 0 Å². The molecule has 3 heteroatoms. The zero-order valence-corrected chi connectivity index (χ0v) is 10.1. The van der Waals surface area contributed by atoms with E-state index < -0.39 is 0 Å². The second kappa shape index (κ2) is 9.32. The quantitative estimate of drug-likeness (QED) is 0.494. The zero-order valence-electron chi connectivity index (χ0n) is 9.31. The summed E-state index contributed by atoms with van der Waals surface area (Å²) < 4.78 is 0. The zero-order chi connectivity index (χ0) is 10.8. The molecule has 0 atom stereocenters. The molecule has 0 aliphatic carbocycles. The van der Waals surface area contributed by atoms with Gasteiger partial charge in [-0.3, -0.25) is 4.79 Å². The van der Waals surface area contributed by atoms with E-state index in [2.05, 4.69) is 19.2 Å². The Hall–Kier alpha value is -0.240. The lowest BCUT2D eigenvalue weighted by atomic mass is 10.1. The highest BCUT2D eigenvalue weighted by molar-refractivity contribution is 6.17. The Kier molecular flexibility index (Phi) is 9.16. The highest BCUT2D eigenvalue weighted by atomic mass is 35.5. The van der Waals surface area contributed by atoms with Crippen LogP contribution in [0.15, 0.2) is 0 Å². The maximum atomic E-state index is 11.2. The lowest BCUT2D eigenvalue weighted by Crippen LogP contribution is -2.25. The molecule has 1 N–H and O–H groups in total. The van der Waals surface area contributed by atoms with Gasteiger partial charge in [0.25, 0.3) is 0 Å². The van der Waals surface area contributed by atoms with Crippen LogP contribution in [-0.4, -0.2) is 18.3 Å². The lowest BCUT2D eigenvalue weighted by Gasteiger charge is -2.06. The number of carbonyl (C=O) groups is 1. The van der Waals surface area contributed by atoms with Crippen LogP contribution in [0.2, 0.25) is 0 Å². The third kappa shape index (κ3) is 9.85. The molecule has 0 aliphatic rings. The SMILES string of the molecule is CC(C)CC(=O)NCCCCCCCl. The molecule has 14 heavy (non-hydrogen) atoms. The molecular weight excluding hydrogens is 198 g/mol. The van der Waals surface area contributed by atoms with Crippen LogP contribution in [0.5, 0.6) is 0 Å². The number of nitrogens with one attached hydrogen (secondary N) is 1. The fraction of sp³-hybridized carbons (Fsp3) is 0.909. The highest BCUT2D eigenvalue weighted by Gasteiger charge is 2.02. The number of hydrogen-bond donors (Lipinski definition) is 1. The van der Waals surface area contributed by atoms with Gasteiger partial charge in [0.15, 0.2) is 0 Å². The van der Waals surface area contributed by atoms with Crippen LogP contribution in [0, 0.1) is 5.92 Å². The van der Waals surface area contributed by atoms with E-state index in [0.29, 0.717) is 12.3 Å². The van der Waals surface area contributed by atoms with Crippen molar-refractivity contribution in [2.45, 2.75) is 46.0 Å². The van der Waals surface area contributed by atoms with E-state index in [-0.39, 0.29) is 5.91 Å². The average Bonchev–Trinajstić information content (AvgIpc) is 2.10. The average molecular weight is 220 g/mol. The first-order valence-electron chi connectivity index (χ1n) is 5.49. The minimum absolute atomic E-state index is 0.178. The smallest absolute Gasteiger partial charge is 0.220 e. The molecule has 0 fully saturated rings. The van der Waals surface area contributed by atoms with Gasteiger partial charge in [0.05, 0.1) is 0 Å². The Morgan fingerprint density at radius 2 is 1.86 bits per heavy atom. The topological polar surface area (TPSA) is 29.1 Å². The summed E-state index contributed by atoms with van der Waals surface area (Å²) in [7, 11) is 0. The Labute approximate surface area is 92.4 Å². The maximum absolute atomic E-state index is 11.2. The summed E-state index contributed by atoms with van der Waals surface area (Å²) in [5.41, 5.74) is 0. The van der Waals surface area contributed by atoms with Gasteiger partial charge >= 0.3 is 0 Å². The molecule has 0 aromatic rings. The number of alkyl halides is 1. The minimum atomic E-state index is 0.178. The van der Waals surface area contributed by atoms with Crippen molar-refractivity contribution in [1.82, 2.24) is 5.32 Å². The van der Waals surface area contributed by atoms with Gasteiger partial charge in [-0.05, 0) is 18.8 Å². The second-order valence-corrected chi connectivity index (χ2v) is 4.43. The lowest BCUT2D eigenvalue weighted by molar-refractivity contribution is -0.121. The highest BCUT2D eigenvalue weighted by Crippen LogP contribution is 2.01. The molecule has 0 saturated heterocycles. The largest absolute Gasteiger partial charge is 0.356 e. The van der Waals surface area contributed by atoms with Crippen LogP contribution in [0.25, 0.3) is 0 Å². The molecule has 0 radical (unpaired) electrons. The van der Waals surface area contributed by atoms with Crippen molar-refractivity contribution in [3.05, 3.63) is 0 Å². The van der Waals surface area contributed by atoms with Crippen LogP contribution in [0.4, 0.5) is 0 Å². The molecule has 2 nitrogen and oxygen atoms in total. The summed E-state index contributed by atoms with van der Waals surface area (Å²) in [6.07, 6.45) is 5.13. The molecule has 0 aliphatic heterocycles. The monoisotopic (exact) mass is 219 g/mol. The molecule has 0 aromatic heterocycles. The summed E-state index contributed by atoms with van der Waals surface area (Å²) in [6, 6.07) is 0. The Bertz CT molecular complexity index is 148. The van der Waals surface area contributed by atoms with E-state index in [9.17, 15) is 4.79 Å². The van der Waals surface area contributed by atoms with Crippen LogP contribution < -0.4 is 5.32 Å². The molecule has 0 unspecified atom stereocenters. The standard InChI is InChI=1S/C11H22ClNO/c1-10(2)9-11(14)13-8-6-4-3-5-7-12/h10H,3-9H2,1-2H3,(H,13,14). The second-order valence-electron chi connectivity index (χ2n) is 4.05. The van der Waals surface area contributed by atoms with Gasteiger partial charge in [0, 0.05) is 18.8 Å². The normalized spacial score (nSPS) is 10.6. The number of rotatable bonds is 8. The predicted molar refractivity (Wildman–Crippen MR) is 61.7 cm³/mol. The van der Waals surface area contributed by atoms with Crippen molar-refractivity contribution < 1.29 is 4.79 Å². The molecule has 0 rings (SSSR count). The summed E-state index contributed by atoms with van der Waals surface area (Å²) in [5, 5.41) is 2.92. The van der Waals surface area contributed by atoms with Gasteiger partial charge in [-0.1, -0.05) is 26.7 Å². The van der Waals surface area contributed by atoms with Crippen molar-refractivity contribution in [3.8, 4) is 0 Å². The number of hydrogen-bond acceptors (Lipinski definition) is 1. The predicted octanol–water partition coefficient (Wildman–Crippen LogP) is 2.95. The fourth-order valence-corrected chi connectivity index (χ4v) is 1.43. The third-order valence-electron chi connectivity index (χ3n) is 1.98. The van der Waals surface area contributed by atoms with Crippen LogP contribution >= 0.6 is 11.6 Å². The Balaban J connectivity index is 3.15. The Morgan fingerprint density at radius 1 is 1.21 bits per heavy atom. The maximum Gasteiger partial charge on any atom is 0.220 e. The summed E-state index contributed by atoms with van der Waals surface area (Å²) in [6.45, 7) is 4.92. The van der Waals surface area contributed by atoms with E-state index >= 15 is 0 Å². The van der Waals surface area contributed by atoms with Crippen molar-refractivity contribution in [2.24, 2.45) is 5.92 Å². The summed E-state index contributed by atoms with van der Waals surface area (Å²) >= 11 is 5.55.